The molecule has 0 radical (unpaired) electrons. The van der Waals surface area contributed by atoms with Crippen LogP contribution < -0.4 is 5.32 Å². The highest BCUT2D eigenvalue weighted by Crippen LogP contribution is 2.34. The van der Waals surface area contributed by atoms with Crippen LogP contribution in [0.25, 0.3) is 11.3 Å². The van der Waals surface area contributed by atoms with Gasteiger partial charge in [-0.05, 0) is 24.3 Å². The molecule has 6 heteroatoms. The highest BCUT2D eigenvalue weighted by Gasteiger charge is 2.10. The predicted octanol–water partition coefficient (Wildman–Crippen LogP) is 3.72. The van der Waals surface area contributed by atoms with E-state index in [9.17, 15) is 4.21 Å². The molecule has 1 aromatic heterocycles. The normalized spacial score (nSPS) is 12.6. The van der Waals surface area contributed by atoms with Gasteiger partial charge in [0.2, 0.25) is 0 Å². The fourth-order valence-corrected chi connectivity index (χ4v) is 2.56. The summed E-state index contributed by atoms with van der Waals surface area (Å²) in [6, 6.07) is 9.20. The maximum atomic E-state index is 10.9. The van der Waals surface area contributed by atoms with Gasteiger partial charge in [0.15, 0.2) is 0 Å². The Balaban J connectivity index is 2.02. The van der Waals surface area contributed by atoms with Crippen LogP contribution >= 0.6 is 23.2 Å². The van der Waals surface area contributed by atoms with Gasteiger partial charge in [0.05, 0.1) is 16.6 Å². The average molecular weight is 332 g/mol. The average Bonchev–Trinajstić information content (AvgIpc) is 2.86. The molecule has 1 N–H and O–H groups in total. The fourth-order valence-electron chi connectivity index (χ4n) is 1.74. The minimum atomic E-state index is -0.779. The van der Waals surface area contributed by atoms with Crippen LogP contribution in [0.1, 0.15) is 5.76 Å². The lowest BCUT2D eigenvalue weighted by Gasteiger charge is -2.03. The summed E-state index contributed by atoms with van der Waals surface area (Å²) in [5.41, 5.74) is 0.778. The summed E-state index contributed by atoms with van der Waals surface area (Å²) in [6.45, 7) is 1.28. The Morgan fingerprint density at radius 3 is 2.80 bits per heavy atom. The van der Waals surface area contributed by atoms with Gasteiger partial charge in [-0.1, -0.05) is 29.3 Å². The van der Waals surface area contributed by atoms with Gasteiger partial charge in [-0.3, -0.25) is 4.21 Å². The van der Waals surface area contributed by atoms with Crippen LogP contribution in [-0.4, -0.2) is 22.8 Å². The van der Waals surface area contributed by atoms with E-state index in [1.54, 1.807) is 12.3 Å². The molecule has 0 saturated carbocycles. The number of hydrogen-bond acceptors (Lipinski definition) is 3. The van der Waals surface area contributed by atoms with Crippen molar-refractivity contribution in [2.45, 2.75) is 6.54 Å². The molecule has 0 amide bonds. The smallest absolute Gasteiger partial charge is 0.135 e. The Morgan fingerprint density at radius 1 is 1.25 bits per heavy atom. The molecule has 0 fully saturated rings. The minimum Gasteiger partial charge on any atom is -0.460 e. The standard InChI is InChI=1S/C14H15Cl2NO2S/c1-20(18)8-7-17-9-10-5-6-13(19-10)11-3-2-4-12(15)14(11)16/h2-6,17H,7-9H2,1H3. The predicted molar refractivity (Wildman–Crippen MR) is 84.8 cm³/mol. The van der Waals surface area contributed by atoms with Crippen molar-refractivity contribution in [3.8, 4) is 11.3 Å². The third-order valence-electron chi connectivity index (χ3n) is 2.74. The zero-order valence-corrected chi connectivity index (χ0v) is 13.3. The van der Waals surface area contributed by atoms with E-state index in [1.165, 1.54) is 0 Å². The second kappa shape index (κ2) is 7.27. The third kappa shape index (κ3) is 4.09. The van der Waals surface area contributed by atoms with Crippen LogP contribution in [0.4, 0.5) is 0 Å². The van der Waals surface area contributed by atoms with Gasteiger partial charge in [-0.2, -0.15) is 0 Å². The summed E-state index contributed by atoms with van der Waals surface area (Å²) < 4.78 is 16.7. The monoisotopic (exact) mass is 331 g/mol. The summed E-state index contributed by atoms with van der Waals surface area (Å²) in [5, 5.41) is 4.17. The van der Waals surface area contributed by atoms with E-state index in [1.807, 2.05) is 24.3 Å². The summed E-state index contributed by atoms with van der Waals surface area (Å²) in [5.74, 6) is 2.12. The van der Waals surface area contributed by atoms with E-state index in [0.29, 0.717) is 34.6 Å². The van der Waals surface area contributed by atoms with Crippen molar-refractivity contribution in [1.29, 1.82) is 0 Å². The van der Waals surface area contributed by atoms with Crippen LogP contribution in [0.5, 0.6) is 0 Å². The zero-order valence-electron chi connectivity index (χ0n) is 11.0. The molecule has 0 spiro atoms. The molecule has 2 rings (SSSR count). The third-order valence-corrected chi connectivity index (χ3v) is 4.34. The van der Waals surface area contributed by atoms with Gasteiger partial charge in [0.1, 0.15) is 11.5 Å². The fraction of sp³-hybridized carbons (Fsp3) is 0.286. The van der Waals surface area contributed by atoms with E-state index in [0.717, 1.165) is 11.3 Å². The maximum Gasteiger partial charge on any atom is 0.135 e. The second-order valence-electron chi connectivity index (χ2n) is 4.32. The number of benzene rings is 1. The molecular weight excluding hydrogens is 317 g/mol. The van der Waals surface area contributed by atoms with Crippen molar-refractivity contribution in [3.05, 3.63) is 46.1 Å². The largest absolute Gasteiger partial charge is 0.460 e. The van der Waals surface area contributed by atoms with E-state index >= 15 is 0 Å². The lowest BCUT2D eigenvalue weighted by molar-refractivity contribution is 0.499. The molecule has 3 nitrogen and oxygen atoms in total. The first kappa shape index (κ1) is 15.6. The first-order valence-corrected chi connectivity index (χ1v) is 8.60. The summed E-state index contributed by atoms with van der Waals surface area (Å²) in [4.78, 5) is 0. The molecule has 1 aromatic carbocycles. The Kier molecular flexibility index (Phi) is 5.66. The number of rotatable bonds is 6. The molecule has 0 aliphatic carbocycles. The van der Waals surface area contributed by atoms with E-state index in [4.69, 9.17) is 27.6 Å². The van der Waals surface area contributed by atoms with Crippen LogP contribution in [0.15, 0.2) is 34.7 Å². The highest BCUT2D eigenvalue weighted by molar-refractivity contribution is 7.84. The van der Waals surface area contributed by atoms with Crippen molar-refractivity contribution in [1.82, 2.24) is 5.32 Å². The lowest BCUT2D eigenvalue weighted by Crippen LogP contribution is -2.19. The van der Waals surface area contributed by atoms with Gasteiger partial charge in [-0.25, -0.2) is 0 Å². The van der Waals surface area contributed by atoms with Crippen LogP contribution in [0.2, 0.25) is 10.0 Å². The highest BCUT2D eigenvalue weighted by atomic mass is 35.5. The van der Waals surface area contributed by atoms with E-state index < -0.39 is 10.8 Å². The Labute approximate surface area is 130 Å². The quantitative estimate of drug-likeness (QED) is 0.820. The number of furan rings is 1. The van der Waals surface area contributed by atoms with Crippen molar-refractivity contribution in [2.75, 3.05) is 18.6 Å². The van der Waals surface area contributed by atoms with Crippen LogP contribution in [0.3, 0.4) is 0 Å². The van der Waals surface area contributed by atoms with Crippen LogP contribution in [0, 0.1) is 0 Å². The summed E-state index contributed by atoms with van der Waals surface area (Å²) >= 11 is 12.1. The molecular formula is C14H15Cl2NO2S. The first-order chi connectivity index (χ1) is 9.58. The Bertz CT molecular complexity index is 613. The lowest BCUT2D eigenvalue weighted by atomic mass is 10.2. The molecule has 1 atom stereocenters. The molecule has 0 saturated heterocycles. The van der Waals surface area contributed by atoms with Gasteiger partial charge < -0.3 is 9.73 Å². The number of nitrogens with one attached hydrogen (secondary N) is 1. The molecule has 2 aromatic rings. The Morgan fingerprint density at radius 2 is 2.05 bits per heavy atom. The van der Waals surface area contributed by atoms with Gasteiger partial charge in [0.25, 0.3) is 0 Å². The molecule has 108 valence electrons. The maximum absolute atomic E-state index is 10.9. The molecule has 1 heterocycles. The van der Waals surface area contributed by atoms with E-state index in [2.05, 4.69) is 5.32 Å². The molecule has 0 aliphatic heterocycles. The minimum absolute atomic E-state index is 0.490. The molecule has 20 heavy (non-hydrogen) atoms. The SMILES string of the molecule is CS(=O)CCNCc1ccc(-c2cccc(Cl)c2Cl)o1. The first-order valence-electron chi connectivity index (χ1n) is 6.12. The van der Waals surface area contributed by atoms with Crippen LogP contribution in [-0.2, 0) is 17.3 Å². The van der Waals surface area contributed by atoms with Gasteiger partial charge in [0, 0.05) is 34.9 Å². The van der Waals surface area contributed by atoms with E-state index in [-0.39, 0.29) is 0 Å². The molecule has 1 unspecified atom stereocenters. The number of hydrogen-bond donors (Lipinski definition) is 1. The Hall–Kier alpha value is -0.810. The van der Waals surface area contributed by atoms with Crippen molar-refractivity contribution in [3.63, 3.8) is 0 Å². The molecule has 0 aliphatic rings. The topological polar surface area (TPSA) is 42.2 Å². The summed E-state index contributed by atoms with van der Waals surface area (Å²) in [6.07, 6.45) is 1.69. The second-order valence-corrected chi connectivity index (χ2v) is 6.66. The summed E-state index contributed by atoms with van der Waals surface area (Å²) in [7, 11) is -0.779. The zero-order chi connectivity index (χ0) is 14.5. The van der Waals surface area contributed by atoms with Crippen molar-refractivity contribution in [2.24, 2.45) is 0 Å². The van der Waals surface area contributed by atoms with Crippen molar-refractivity contribution >= 4 is 34.0 Å². The van der Waals surface area contributed by atoms with Gasteiger partial charge in [-0.15, -0.1) is 0 Å². The number of halogens is 2. The van der Waals surface area contributed by atoms with Gasteiger partial charge >= 0.3 is 0 Å². The molecule has 0 bridgehead atoms. The van der Waals surface area contributed by atoms with Crippen molar-refractivity contribution < 1.29 is 8.63 Å².